The predicted octanol–water partition coefficient (Wildman–Crippen LogP) is 0.388. The van der Waals surface area contributed by atoms with E-state index in [4.69, 9.17) is 0 Å². The SMILES string of the molecule is C=CC1CN1N(C)NBCCC. The molecule has 0 radical (unpaired) electrons. The molecular formula is C8H18BN3. The molecule has 0 amide bonds. The third-order valence-electron chi connectivity index (χ3n) is 2.15. The summed E-state index contributed by atoms with van der Waals surface area (Å²) in [6.07, 6.45) is 4.46. The smallest absolute Gasteiger partial charge is 0.221 e. The zero-order valence-electron chi connectivity index (χ0n) is 8.08. The van der Waals surface area contributed by atoms with Crippen LogP contribution in [0.1, 0.15) is 13.3 Å². The van der Waals surface area contributed by atoms with Crippen LogP contribution in [-0.4, -0.2) is 37.2 Å². The summed E-state index contributed by atoms with van der Waals surface area (Å²) in [5.41, 5.74) is 0. The molecule has 3 nitrogen and oxygen atoms in total. The average Bonchev–Trinajstić information content (AvgIpc) is 2.83. The molecule has 0 bridgehead atoms. The van der Waals surface area contributed by atoms with Gasteiger partial charge in [0.2, 0.25) is 7.41 Å². The van der Waals surface area contributed by atoms with Crippen molar-refractivity contribution in [2.75, 3.05) is 13.6 Å². The number of hydrogen-bond acceptors (Lipinski definition) is 3. The van der Waals surface area contributed by atoms with E-state index in [0.29, 0.717) is 6.04 Å². The van der Waals surface area contributed by atoms with Crippen LogP contribution in [0, 0.1) is 0 Å². The Morgan fingerprint density at radius 3 is 3.08 bits per heavy atom. The van der Waals surface area contributed by atoms with E-state index in [1.165, 1.54) is 12.7 Å². The van der Waals surface area contributed by atoms with Gasteiger partial charge in [0.05, 0.1) is 6.04 Å². The molecule has 1 heterocycles. The van der Waals surface area contributed by atoms with Crippen LogP contribution in [0.25, 0.3) is 0 Å². The lowest BCUT2D eigenvalue weighted by molar-refractivity contribution is 0.0879. The lowest BCUT2D eigenvalue weighted by atomic mass is 9.89. The molecule has 1 rings (SSSR count). The first-order valence-corrected chi connectivity index (χ1v) is 4.66. The van der Waals surface area contributed by atoms with Crippen molar-refractivity contribution in [1.82, 2.24) is 15.5 Å². The summed E-state index contributed by atoms with van der Waals surface area (Å²) in [5, 5.41) is 7.63. The van der Waals surface area contributed by atoms with Crippen molar-refractivity contribution in [2.45, 2.75) is 25.7 Å². The van der Waals surface area contributed by atoms with Gasteiger partial charge in [0, 0.05) is 13.6 Å². The topological polar surface area (TPSA) is 18.3 Å². The molecule has 12 heavy (non-hydrogen) atoms. The van der Waals surface area contributed by atoms with Crippen LogP contribution in [0.2, 0.25) is 6.32 Å². The molecule has 68 valence electrons. The molecule has 2 atom stereocenters. The summed E-state index contributed by atoms with van der Waals surface area (Å²) >= 11 is 0. The lowest BCUT2D eigenvalue weighted by Gasteiger charge is -2.18. The van der Waals surface area contributed by atoms with Crippen LogP contribution in [0.3, 0.4) is 0 Å². The zero-order valence-corrected chi connectivity index (χ0v) is 8.08. The van der Waals surface area contributed by atoms with Crippen molar-refractivity contribution in [1.29, 1.82) is 0 Å². The summed E-state index contributed by atoms with van der Waals surface area (Å²) in [5.74, 6) is 0. The van der Waals surface area contributed by atoms with Gasteiger partial charge in [0.25, 0.3) is 0 Å². The Kier molecular flexibility index (Phi) is 3.78. The lowest BCUT2D eigenvalue weighted by Crippen LogP contribution is -2.41. The van der Waals surface area contributed by atoms with Gasteiger partial charge in [-0.2, -0.15) is 5.12 Å². The highest BCUT2D eigenvalue weighted by Crippen LogP contribution is 2.17. The fraction of sp³-hybridized carbons (Fsp3) is 0.750. The Morgan fingerprint density at radius 1 is 1.83 bits per heavy atom. The molecule has 0 spiro atoms. The third kappa shape index (κ3) is 2.62. The van der Waals surface area contributed by atoms with E-state index in [-0.39, 0.29) is 0 Å². The molecule has 2 unspecified atom stereocenters. The van der Waals surface area contributed by atoms with E-state index in [9.17, 15) is 0 Å². The van der Waals surface area contributed by atoms with Crippen molar-refractivity contribution in [2.24, 2.45) is 0 Å². The van der Waals surface area contributed by atoms with Crippen molar-refractivity contribution < 1.29 is 0 Å². The highest BCUT2D eigenvalue weighted by molar-refractivity contribution is 6.31. The first-order chi connectivity index (χ1) is 5.79. The number of nitrogens with one attached hydrogen (secondary N) is 1. The van der Waals surface area contributed by atoms with Crippen LogP contribution in [-0.2, 0) is 0 Å². The second-order valence-corrected chi connectivity index (χ2v) is 3.21. The van der Waals surface area contributed by atoms with E-state index in [1.807, 2.05) is 6.08 Å². The highest BCUT2D eigenvalue weighted by atomic mass is 15.8. The van der Waals surface area contributed by atoms with Gasteiger partial charge in [-0.05, 0) is 0 Å². The molecule has 1 aliphatic rings. The summed E-state index contributed by atoms with van der Waals surface area (Å²) in [4.78, 5) is 0. The minimum absolute atomic E-state index is 0.559. The molecular weight excluding hydrogens is 149 g/mol. The van der Waals surface area contributed by atoms with Crippen molar-refractivity contribution >= 4 is 7.41 Å². The number of hydrazine groups is 2. The fourth-order valence-corrected chi connectivity index (χ4v) is 1.19. The van der Waals surface area contributed by atoms with Gasteiger partial charge in [0.15, 0.2) is 0 Å². The Bertz CT molecular complexity index is 151. The number of nitrogens with zero attached hydrogens (tertiary/aromatic N) is 2. The minimum atomic E-state index is 0.559. The Labute approximate surface area is 75.6 Å². The van der Waals surface area contributed by atoms with Gasteiger partial charge in [-0.3, -0.25) is 5.34 Å². The average molecular weight is 167 g/mol. The van der Waals surface area contributed by atoms with Crippen LogP contribution in [0.4, 0.5) is 0 Å². The minimum Gasteiger partial charge on any atom is -0.285 e. The molecule has 0 aromatic carbocycles. The summed E-state index contributed by atoms with van der Waals surface area (Å²) in [6.45, 7) is 7.07. The zero-order chi connectivity index (χ0) is 8.97. The second kappa shape index (κ2) is 4.65. The summed E-state index contributed by atoms with van der Waals surface area (Å²) in [6, 6.07) is 0.559. The maximum Gasteiger partial charge on any atom is 0.221 e. The fourth-order valence-electron chi connectivity index (χ4n) is 1.19. The molecule has 4 heteroatoms. The van der Waals surface area contributed by atoms with Crippen molar-refractivity contribution in [3.8, 4) is 0 Å². The Balaban J connectivity index is 2.05. The third-order valence-corrected chi connectivity index (χ3v) is 2.15. The van der Waals surface area contributed by atoms with Gasteiger partial charge in [-0.1, -0.05) is 25.7 Å². The van der Waals surface area contributed by atoms with Crippen LogP contribution in [0.5, 0.6) is 0 Å². The van der Waals surface area contributed by atoms with Gasteiger partial charge in [-0.25, -0.2) is 5.01 Å². The monoisotopic (exact) mass is 167 g/mol. The molecule has 1 fully saturated rings. The van der Waals surface area contributed by atoms with Crippen molar-refractivity contribution in [3.05, 3.63) is 12.7 Å². The predicted molar refractivity (Wildman–Crippen MR) is 53.8 cm³/mol. The molecule has 0 aromatic rings. The van der Waals surface area contributed by atoms with Crippen LogP contribution in [0.15, 0.2) is 12.7 Å². The van der Waals surface area contributed by atoms with E-state index in [2.05, 4.69) is 36.0 Å². The largest absolute Gasteiger partial charge is 0.285 e. The van der Waals surface area contributed by atoms with Crippen molar-refractivity contribution in [3.63, 3.8) is 0 Å². The van der Waals surface area contributed by atoms with E-state index >= 15 is 0 Å². The molecule has 0 saturated carbocycles. The van der Waals surface area contributed by atoms with Crippen LogP contribution < -0.4 is 5.34 Å². The highest BCUT2D eigenvalue weighted by Gasteiger charge is 2.34. The van der Waals surface area contributed by atoms with Gasteiger partial charge < -0.3 is 0 Å². The normalized spacial score (nSPS) is 27.2. The second-order valence-electron chi connectivity index (χ2n) is 3.21. The maximum atomic E-state index is 3.76. The van der Waals surface area contributed by atoms with Gasteiger partial charge in [-0.15, -0.1) is 6.58 Å². The molecule has 1 saturated heterocycles. The molecule has 0 aromatic heterocycles. The number of hydrogen-bond donors (Lipinski definition) is 1. The molecule has 1 N–H and O–H groups in total. The molecule has 1 aliphatic heterocycles. The van der Waals surface area contributed by atoms with Crippen LogP contribution >= 0.6 is 0 Å². The van der Waals surface area contributed by atoms with E-state index in [0.717, 1.165) is 14.0 Å². The summed E-state index contributed by atoms with van der Waals surface area (Å²) < 4.78 is 0. The Hall–Kier alpha value is -0.315. The van der Waals surface area contributed by atoms with E-state index in [1.54, 1.807) is 0 Å². The number of rotatable bonds is 6. The first kappa shape index (κ1) is 9.77. The molecule has 0 aliphatic carbocycles. The quantitative estimate of drug-likeness (QED) is 0.203. The van der Waals surface area contributed by atoms with Gasteiger partial charge in [0.1, 0.15) is 0 Å². The van der Waals surface area contributed by atoms with Gasteiger partial charge >= 0.3 is 0 Å². The van der Waals surface area contributed by atoms with E-state index < -0.39 is 0 Å². The standard InChI is InChI=1S/C8H18BN3/c1-4-6-9-10-11(3)12-7-8(12)5-2/h5,8-10H,2,4,6-7H2,1,3H3. The first-order valence-electron chi connectivity index (χ1n) is 4.66. The Morgan fingerprint density at radius 2 is 2.58 bits per heavy atom. The summed E-state index contributed by atoms with van der Waals surface area (Å²) in [7, 11) is 3.12. The maximum absolute atomic E-state index is 3.76.